The number of hydrogen-bond donors (Lipinski definition) is 1. The van der Waals surface area contributed by atoms with Gasteiger partial charge in [0.25, 0.3) is 15.0 Å². The van der Waals surface area contributed by atoms with Crippen LogP contribution < -0.4 is 5.32 Å². The molecule has 2 aromatic rings. The van der Waals surface area contributed by atoms with Crippen LogP contribution in [-0.4, -0.2) is 19.3 Å². The molecule has 0 aliphatic heterocycles. The van der Waals surface area contributed by atoms with Crippen molar-refractivity contribution in [1.82, 2.24) is 4.98 Å². The van der Waals surface area contributed by atoms with Crippen LogP contribution in [0.5, 0.6) is 0 Å². The van der Waals surface area contributed by atoms with E-state index in [9.17, 15) is 17.6 Å². The predicted octanol–water partition coefficient (Wildman–Crippen LogP) is 3.38. The van der Waals surface area contributed by atoms with E-state index in [1.807, 2.05) is 22.6 Å². The van der Waals surface area contributed by atoms with Crippen LogP contribution in [0.15, 0.2) is 22.4 Å². The molecule has 0 aliphatic carbocycles. The van der Waals surface area contributed by atoms with Gasteiger partial charge in [-0.25, -0.2) is 17.8 Å². The summed E-state index contributed by atoms with van der Waals surface area (Å²) in [5, 5.41) is 2.58. The number of benzene rings is 1. The summed E-state index contributed by atoms with van der Waals surface area (Å²) in [5.74, 6) is -0.955. The Morgan fingerprint density at radius 2 is 2.14 bits per heavy atom. The van der Waals surface area contributed by atoms with Gasteiger partial charge < -0.3 is 0 Å². The molecule has 0 saturated heterocycles. The predicted molar refractivity (Wildman–Crippen MR) is 87.0 cm³/mol. The monoisotopic (exact) mass is 460 g/mol. The van der Waals surface area contributed by atoms with E-state index < -0.39 is 20.8 Å². The summed E-state index contributed by atoms with van der Waals surface area (Å²) in [4.78, 5) is 16.0. The highest BCUT2D eigenvalue weighted by Gasteiger charge is 2.21. The number of aromatic nitrogens is 1. The molecule has 0 fully saturated rings. The average molecular weight is 461 g/mol. The molecule has 0 saturated carbocycles. The fourth-order valence-corrected chi connectivity index (χ4v) is 4.57. The molecule has 1 N–H and O–H groups in total. The van der Waals surface area contributed by atoms with Crippen molar-refractivity contribution in [2.45, 2.75) is 11.1 Å². The second-order valence-corrected chi connectivity index (χ2v) is 8.83. The summed E-state index contributed by atoms with van der Waals surface area (Å²) in [6, 6.07) is 3.72. The van der Waals surface area contributed by atoms with E-state index in [0.29, 0.717) is 3.57 Å². The number of carbonyl (C=O) groups excluding carboxylic acids is 1. The molecular formula is C11H7ClFIN2O3S2. The minimum atomic E-state index is -3.90. The lowest BCUT2D eigenvalue weighted by atomic mass is 10.2. The number of halogens is 3. The molecule has 1 aromatic carbocycles. The van der Waals surface area contributed by atoms with E-state index in [-0.39, 0.29) is 20.6 Å². The molecule has 5 nitrogen and oxygen atoms in total. The van der Waals surface area contributed by atoms with E-state index in [0.717, 1.165) is 11.3 Å². The van der Waals surface area contributed by atoms with Gasteiger partial charge in [-0.15, -0.1) is 0 Å². The van der Waals surface area contributed by atoms with Gasteiger partial charge >= 0.3 is 0 Å². The van der Waals surface area contributed by atoms with Crippen LogP contribution in [0.2, 0.25) is 0 Å². The van der Waals surface area contributed by atoms with Crippen LogP contribution in [0.3, 0.4) is 0 Å². The van der Waals surface area contributed by atoms with E-state index in [1.54, 1.807) is 0 Å². The molecule has 0 radical (unpaired) electrons. The summed E-state index contributed by atoms with van der Waals surface area (Å²) < 4.78 is 35.9. The lowest BCUT2D eigenvalue weighted by Gasteiger charge is -2.04. The van der Waals surface area contributed by atoms with E-state index >= 15 is 0 Å². The highest BCUT2D eigenvalue weighted by molar-refractivity contribution is 14.1. The average Bonchev–Trinajstić information content (AvgIpc) is 2.69. The molecule has 1 amide bonds. The number of aryl methyl sites for hydroxylation is 1. The van der Waals surface area contributed by atoms with E-state index in [4.69, 9.17) is 10.7 Å². The molecule has 0 spiro atoms. The first-order valence-corrected chi connectivity index (χ1v) is 9.57. The number of thiazole rings is 1. The summed E-state index contributed by atoms with van der Waals surface area (Å²) >= 11 is 2.59. The molecule has 1 aromatic heterocycles. The van der Waals surface area contributed by atoms with Crippen molar-refractivity contribution in [3.8, 4) is 0 Å². The summed E-state index contributed by atoms with van der Waals surface area (Å²) in [6.45, 7) is 1.48. The topological polar surface area (TPSA) is 76.1 Å². The third-order valence-corrected chi connectivity index (χ3v) is 6.52. The van der Waals surface area contributed by atoms with Gasteiger partial charge in [-0.2, -0.15) is 0 Å². The Balaban J connectivity index is 2.28. The Bertz CT molecular complexity index is 823. The number of nitrogens with one attached hydrogen (secondary N) is 1. The number of anilines is 1. The Morgan fingerprint density at radius 3 is 2.67 bits per heavy atom. The van der Waals surface area contributed by atoms with Crippen LogP contribution in [0.25, 0.3) is 0 Å². The van der Waals surface area contributed by atoms with E-state index in [1.165, 1.54) is 25.1 Å². The molecule has 0 unspecified atom stereocenters. The maximum atomic E-state index is 13.0. The lowest BCUT2D eigenvalue weighted by Crippen LogP contribution is -2.13. The SMILES string of the molecule is Cc1nc(NC(=O)c2ccc(F)cc2I)sc1S(=O)(=O)Cl. The van der Waals surface area contributed by atoms with Gasteiger partial charge in [0.1, 0.15) is 5.82 Å². The molecule has 0 atom stereocenters. The zero-order valence-corrected chi connectivity index (χ0v) is 14.9. The minimum Gasteiger partial charge on any atom is -0.298 e. The van der Waals surface area contributed by atoms with E-state index in [2.05, 4.69) is 10.3 Å². The number of rotatable bonds is 3. The quantitative estimate of drug-likeness (QED) is 0.563. The Labute approximate surface area is 142 Å². The van der Waals surface area contributed by atoms with Crippen molar-refractivity contribution in [3.63, 3.8) is 0 Å². The van der Waals surface area contributed by atoms with Crippen LogP contribution in [0.4, 0.5) is 9.52 Å². The first-order valence-electron chi connectivity index (χ1n) is 5.37. The van der Waals surface area contributed by atoms with Gasteiger partial charge in [0.2, 0.25) is 0 Å². The molecule has 10 heteroatoms. The molecule has 2 rings (SSSR count). The summed E-state index contributed by atoms with van der Waals surface area (Å²) in [6.07, 6.45) is 0. The number of nitrogens with zero attached hydrogens (tertiary/aromatic N) is 1. The molecule has 0 bridgehead atoms. The van der Waals surface area contributed by atoms with Gasteiger partial charge in [0, 0.05) is 14.3 Å². The van der Waals surface area contributed by atoms with Crippen molar-refractivity contribution < 1.29 is 17.6 Å². The van der Waals surface area contributed by atoms with Gasteiger partial charge in [0.15, 0.2) is 9.34 Å². The standard InChI is InChI=1S/C11H7ClFIN2O3S2/c1-5-10(21(12,18)19)20-11(15-5)16-9(17)7-3-2-6(13)4-8(7)14/h2-4H,1H3,(H,15,16,17). The molecule has 21 heavy (non-hydrogen) atoms. The number of amides is 1. The number of hydrogen-bond acceptors (Lipinski definition) is 5. The Kier molecular flexibility index (Phi) is 4.85. The first kappa shape index (κ1) is 16.6. The van der Waals surface area contributed by atoms with Gasteiger partial charge in [-0.3, -0.25) is 10.1 Å². The highest BCUT2D eigenvalue weighted by atomic mass is 127. The molecule has 1 heterocycles. The second-order valence-electron chi connectivity index (χ2n) is 3.91. The van der Waals surface area contributed by atoms with Crippen molar-refractivity contribution in [1.29, 1.82) is 0 Å². The second kappa shape index (κ2) is 6.15. The highest BCUT2D eigenvalue weighted by Crippen LogP contribution is 2.30. The normalized spacial score (nSPS) is 11.4. The zero-order chi connectivity index (χ0) is 15.8. The van der Waals surface area contributed by atoms with Crippen LogP contribution in [0, 0.1) is 16.3 Å². The lowest BCUT2D eigenvalue weighted by molar-refractivity contribution is 0.102. The molecule has 0 aliphatic rings. The number of carbonyl (C=O) groups is 1. The maximum absolute atomic E-state index is 13.0. The summed E-state index contributed by atoms with van der Waals surface area (Å²) in [7, 11) is 1.36. The Hall–Kier alpha value is -0.780. The van der Waals surface area contributed by atoms with Gasteiger partial charge in [-0.05, 0) is 47.7 Å². The van der Waals surface area contributed by atoms with Gasteiger partial charge in [-0.1, -0.05) is 11.3 Å². The fraction of sp³-hybridized carbons (Fsp3) is 0.0909. The third-order valence-electron chi connectivity index (χ3n) is 2.37. The van der Waals surface area contributed by atoms with Crippen LogP contribution in [-0.2, 0) is 9.05 Å². The third kappa shape index (κ3) is 3.90. The van der Waals surface area contributed by atoms with Crippen LogP contribution >= 0.6 is 44.6 Å². The molecule has 112 valence electrons. The van der Waals surface area contributed by atoms with Crippen molar-refractivity contribution >= 4 is 64.7 Å². The minimum absolute atomic E-state index is 0.108. The Morgan fingerprint density at radius 1 is 1.48 bits per heavy atom. The first-order chi connectivity index (χ1) is 9.68. The maximum Gasteiger partial charge on any atom is 0.272 e. The fourth-order valence-electron chi connectivity index (χ4n) is 1.50. The van der Waals surface area contributed by atoms with Gasteiger partial charge in [0.05, 0.1) is 11.3 Å². The van der Waals surface area contributed by atoms with Crippen LogP contribution in [0.1, 0.15) is 16.1 Å². The van der Waals surface area contributed by atoms with Crippen molar-refractivity contribution in [3.05, 3.63) is 38.8 Å². The smallest absolute Gasteiger partial charge is 0.272 e. The molecular weight excluding hydrogens is 454 g/mol. The zero-order valence-electron chi connectivity index (χ0n) is 10.4. The summed E-state index contributed by atoms with van der Waals surface area (Å²) in [5.41, 5.74) is 0.472. The van der Waals surface area contributed by atoms with Crippen molar-refractivity contribution in [2.24, 2.45) is 0 Å². The largest absolute Gasteiger partial charge is 0.298 e. The van der Waals surface area contributed by atoms with Crippen molar-refractivity contribution in [2.75, 3.05) is 5.32 Å².